The summed E-state index contributed by atoms with van der Waals surface area (Å²) in [6.07, 6.45) is 4.72. The van der Waals surface area contributed by atoms with Crippen LogP contribution in [0, 0.1) is 11.3 Å². The number of likely N-dealkylation sites (tertiary alicyclic amines) is 1. The Bertz CT molecular complexity index is 755. The smallest absolute Gasteiger partial charge is 0.0992 e. The SMILES string of the molecule is N#Cc1ccc2c(c1)N(C1CCN(CCc3ccccc3)CC1)CC2. The summed E-state index contributed by atoms with van der Waals surface area (Å²) in [5, 5.41) is 9.18. The highest BCUT2D eigenvalue weighted by molar-refractivity contribution is 5.61. The highest BCUT2D eigenvalue weighted by Crippen LogP contribution is 2.33. The summed E-state index contributed by atoms with van der Waals surface area (Å²) in [4.78, 5) is 5.16. The quantitative estimate of drug-likeness (QED) is 0.857. The van der Waals surface area contributed by atoms with E-state index < -0.39 is 0 Å². The van der Waals surface area contributed by atoms with E-state index in [4.69, 9.17) is 0 Å². The maximum absolute atomic E-state index is 9.18. The summed E-state index contributed by atoms with van der Waals surface area (Å²) in [6.45, 7) is 4.63. The van der Waals surface area contributed by atoms with E-state index >= 15 is 0 Å². The molecule has 0 spiro atoms. The van der Waals surface area contributed by atoms with Gasteiger partial charge >= 0.3 is 0 Å². The summed E-state index contributed by atoms with van der Waals surface area (Å²) in [5.74, 6) is 0. The molecule has 0 aliphatic carbocycles. The van der Waals surface area contributed by atoms with Crippen LogP contribution in [0.2, 0.25) is 0 Å². The molecule has 25 heavy (non-hydrogen) atoms. The Kier molecular flexibility index (Phi) is 4.72. The summed E-state index contributed by atoms with van der Waals surface area (Å²) in [6, 6.07) is 19.9. The van der Waals surface area contributed by atoms with Crippen LogP contribution >= 0.6 is 0 Å². The number of benzene rings is 2. The van der Waals surface area contributed by atoms with Gasteiger partial charge < -0.3 is 9.80 Å². The van der Waals surface area contributed by atoms with Gasteiger partial charge in [-0.05, 0) is 48.9 Å². The average Bonchev–Trinajstić information content (AvgIpc) is 3.10. The maximum atomic E-state index is 9.18. The number of piperidine rings is 1. The minimum Gasteiger partial charge on any atom is -0.368 e. The van der Waals surface area contributed by atoms with Crippen molar-refractivity contribution in [2.75, 3.05) is 31.1 Å². The van der Waals surface area contributed by atoms with E-state index in [2.05, 4.69) is 58.3 Å². The van der Waals surface area contributed by atoms with Crippen molar-refractivity contribution in [3.63, 3.8) is 0 Å². The van der Waals surface area contributed by atoms with E-state index in [1.54, 1.807) is 0 Å². The highest BCUT2D eigenvalue weighted by Gasteiger charge is 2.29. The molecule has 2 aromatic rings. The highest BCUT2D eigenvalue weighted by atomic mass is 15.2. The predicted molar refractivity (Wildman–Crippen MR) is 102 cm³/mol. The number of nitrogens with zero attached hydrogens (tertiary/aromatic N) is 3. The second kappa shape index (κ2) is 7.29. The predicted octanol–water partition coefficient (Wildman–Crippen LogP) is 3.63. The summed E-state index contributed by atoms with van der Waals surface area (Å²) in [5.41, 5.74) is 4.93. The molecule has 2 aliphatic rings. The summed E-state index contributed by atoms with van der Waals surface area (Å²) in [7, 11) is 0. The van der Waals surface area contributed by atoms with Crippen molar-refractivity contribution in [3.8, 4) is 6.07 Å². The minimum atomic E-state index is 0.628. The lowest BCUT2D eigenvalue weighted by atomic mass is 10.0. The standard InChI is InChI=1S/C22H25N3/c23-17-19-6-7-20-9-15-25(22(20)16-19)21-10-13-24(14-11-21)12-8-18-4-2-1-3-5-18/h1-7,16,21H,8-15H2. The van der Waals surface area contributed by atoms with Crippen molar-refractivity contribution in [2.45, 2.75) is 31.7 Å². The second-order valence-electron chi connectivity index (χ2n) is 7.21. The van der Waals surface area contributed by atoms with Crippen LogP contribution < -0.4 is 4.90 Å². The van der Waals surface area contributed by atoms with Gasteiger partial charge in [-0.3, -0.25) is 0 Å². The zero-order valence-electron chi connectivity index (χ0n) is 14.7. The van der Waals surface area contributed by atoms with Crippen molar-refractivity contribution in [1.29, 1.82) is 5.26 Å². The first-order valence-electron chi connectivity index (χ1n) is 9.39. The van der Waals surface area contributed by atoms with Crippen LogP contribution in [0.25, 0.3) is 0 Å². The topological polar surface area (TPSA) is 30.3 Å². The van der Waals surface area contributed by atoms with Crippen molar-refractivity contribution in [2.24, 2.45) is 0 Å². The fourth-order valence-corrected chi connectivity index (χ4v) is 4.24. The minimum absolute atomic E-state index is 0.628. The summed E-state index contributed by atoms with van der Waals surface area (Å²) >= 11 is 0. The third-order valence-electron chi connectivity index (χ3n) is 5.70. The second-order valence-corrected chi connectivity index (χ2v) is 7.21. The molecule has 0 amide bonds. The van der Waals surface area contributed by atoms with Gasteiger partial charge in [-0.15, -0.1) is 0 Å². The zero-order valence-corrected chi connectivity index (χ0v) is 14.7. The van der Waals surface area contributed by atoms with Gasteiger partial charge in [0.15, 0.2) is 0 Å². The Labute approximate surface area is 150 Å². The third kappa shape index (κ3) is 3.55. The molecule has 4 rings (SSSR count). The lowest BCUT2D eigenvalue weighted by Gasteiger charge is -2.38. The van der Waals surface area contributed by atoms with Gasteiger partial charge in [0, 0.05) is 37.9 Å². The number of hydrogen-bond acceptors (Lipinski definition) is 3. The Morgan fingerprint density at radius 3 is 2.56 bits per heavy atom. The molecule has 2 aromatic carbocycles. The van der Waals surface area contributed by atoms with Crippen LogP contribution in [0.15, 0.2) is 48.5 Å². The average molecular weight is 331 g/mol. The van der Waals surface area contributed by atoms with E-state index in [0.717, 1.165) is 31.5 Å². The molecule has 0 radical (unpaired) electrons. The number of nitriles is 1. The van der Waals surface area contributed by atoms with Crippen LogP contribution in [0.4, 0.5) is 5.69 Å². The molecule has 0 atom stereocenters. The molecule has 0 saturated carbocycles. The van der Waals surface area contributed by atoms with Gasteiger partial charge in [-0.2, -0.15) is 5.26 Å². The molecule has 1 fully saturated rings. The van der Waals surface area contributed by atoms with E-state index in [1.165, 1.54) is 42.7 Å². The Morgan fingerprint density at radius 1 is 1.00 bits per heavy atom. The van der Waals surface area contributed by atoms with Gasteiger partial charge in [0.2, 0.25) is 0 Å². The molecule has 0 unspecified atom stereocenters. The summed E-state index contributed by atoms with van der Waals surface area (Å²) < 4.78 is 0. The van der Waals surface area contributed by atoms with E-state index in [9.17, 15) is 5.26 Å². The van der Waals surface area contributed by atoms with Gasteiger partial charge in [-0.25, -0.2) is 0 Å². The molecule has 0 aromatic heterocycles. The Balaban J connectivity index is 1.33. The van der Waals surface area contributed by atoms with E-state index in [0.29, 0.717) is 6.04 Å². The van der Waals surface area contributed by atoms with Crippen LogP contribution in [0.1, 0.15) is 29.5 Å². The van der Waals surface area contributed by atoms with Gasteiger partial charge in [-0.1, -0.05) is 36.4 Å². The molecule has 2 aliphatic heterocycles. The van der Waals surface area contributed by atoms with Crippen molar-refractivity contribution in [3.05, 3.63) is 65.2 Å². The molecular formula is C22H25N3. The molecule has 1 saturated heterocycles. The maximum Gasteiger partial charge on any atom is 0.0992 e. The monoisotopic (exact) mass is 331 g/mol. The fraction of sp³-hybridized carbons (Fsp3) is 0.409. The molecule has 128 valence electrons. The van der Waals surface area contributed by atoms with Crippen molar-refractivity contribution >= 4 is 5.69 Å². The zero-order chi connectivity index (χ0) is 17.1. The first-order valence-corrected chi connectivity index (χ1v) is 9.39. The number of hydrogen-bond donors (Lipinski definition) is 0. The van der Waals surface area contributed by atoms with Crippen LogP contribution in [-0.4, -0.2) is 37.1 Å². The lowest BCUT2D eigenvalue weighted by Crippen LogP contribution is -2.45. The largest absolute Gasteiger partial charge is 0.368 e. The van der Waals surface area contributed by atoms with Crippen molar-refractivity contribution < 1.29 is 0 Å². The molecule has 0 N–H and O–H groups in total. The van der Waals surface area contributed by atoms with Crippen LogP contribution in [0.5, 0.6) is 0 Å². The Hall–Kier alpha value is -2.31. The van der Waals surface area contributed by atoms with E-state index in [1.807, 2.05) is 6.07 Å². The molecule has 3 nitrogen and oxygen atoms in total. The number of anilines is 1. The normalized spacial score (nSPS) is 18.1. The first kappa shape index (κ1) is 16.2. The van der Waals surface area contributed by atoms with Gasteiger partial charge in [0.25, 0.3) is 0 Å². The lowest BCUT2D eigenvalue weighted by molar-refractivity contribution is 0.212. The molecule has 2 heterocycles. The van der Waals surface area contributed by atoms with Crippen LogP contribution in [-0.2, 0) is 12.8 Å². The van der Waals surface area contributed by atoms with E-state index in [-0.39, 0.29) is 0 Å². The molecular weight excluding hydrogens is 306 g/mol. The number of fused-ring (bicyclic) bond motifs is 1. The number of rotatable bonds is 4. The van der Waals surface area contributed by atoms with Crippen LogP contribution in [0.3, 0.4) is 0 Å². The van der Waals surface area contributed by atoms with Crippen molar-refractivity contribution in [1.82, 2.24) is 4.90 Å². The molecule has 0 bridgehead atoms. The molecule has 3 heteroatoms. The van der Waals surface area contributed by atoms with Gasteiger partial charge in [0.1, 0.15) is 0 Å². The third-order valence-corrected chi connectivity index (χ3v) is 5.70. The fourth-order valence-electron chi connectivity index (χ4n) is 4.24. The van der Waals surface area contributed by atoms with Gasteiger partial charge in [0.05, 0.1) is 11.6 Å². The first-order chi connectivity index (χ1) is 12.3. The Morgan fingerprint density at radius 2 is 1.80 bits per heavy atom.